The molecule has 3 heteroatoms. The van der Waals surface area contributed by atoms with Crippen molar-refractivity contribution >= 4 is 0 Å². The van der Waals surface area contributed by atoms with Crippen LogP contribution in [0.25, 0.3) is 0 Å². The van der Waals surface area contributed by atoms with Crippen molar-refractivity contribution in [3.8, 4) is 0 Å². The Morgan fingerprint density at radius 2 is 2.17 bits per heavy atom. The van der Waals surface area contributed by atoms with E-state index in [0.29, 0.717) is 0 Å². The first kappa shape index (κ1) is 13.6. The summed E-state index contributed by atoms with van der Waals surface area (Å²) in [6.07, 6.45) is 9.52. The molecular formula is C15H27N3. The first-order valence-corrected chi connectivity index (χ1v) is 7.39. The van der Waals surface area contributed by atoms with Crippen LogP contribution in [0.5, 0.6) is 0 Å². The Balaban J connectivity index is 1.79. The molecule has 1 fully saturated rings. The summed E-state index contributed by atoms with van der Waals surface area (Å²) in [4.78, 5) is 4.26. The molecule has 0 bridgehead atoms. The Morgan fingerprint density at radius 1 is 1.39 bits per heavy atom. The summed E-state index contributed by atoms with van der Waals surface area (Å²) in [6.45, 7) is 8.89. The smallest absolute Gasteiger partial charge is 0.105 e. The third-order valence-electron chi connectivity index (χ3n) is 4.36. The Labute approximate surface area is 111 Å². The number of rotatable bonds is 5. The third kappa shape index (κ3) is 3.35. The van der Waals surface area contributed by atoms with Gasteiger partial charge < -0.3 is 9.88 Å². The van der Waals surface area contributed by atoms with Crippen LogP contribution in [-0.2, 0) is 6.54 Å². The van der Waals surface area contributed by atoms with E-state index < -0.39 is 0 Å². The van der Waals surface area contributed by atoms with Gasteiger partial charge in [0.25, 0.3) is 0 Å². The molecule has 0 radical (unpaired) electrons. The van der Waals surface area contributed by atoms with Crippen LogP contribution in [0.2, 0.25) is 0 Å². The van der Waals surface area contributed by atoms with Crippen molar-refractivity contribution in [2.75, 3.05) is 6.54 Å². The van der Waals surface area contributed by atoms with Crippen LogP contribution in [0.3, 0.4) is 0 Å². The van der Waals surface area contributed by atoms with E-state index in [4.69, 9.17) is 0 Å². The summed E-state index contributed by atoms with van der Waals surface area (Å²) in [5.74, 6) is 2.78. The molecule has 1 aliphatic carbocycles. The molecule has 2 rings (SSSR count). The SMILES string of the molecule is Cc1nccn1CCNC1CCCCC1C(C)C. The quantitative estimate of drug-likeness (QED) is 0.869. The first-order chi connectivity index (χ1) is 8.68. The molecule has 0 aromatic carbocycles. The highest BCUT2D eigenvalue weighted by Crippen LogP contribution is 2.29. The number of hydrogen-bond donors (Lipinski definition) is 1. The van der Waals surface area contributed by atoms with Gasteiger partial charge in [0.1, 0.15) is 5.82 Å². The minimum absolute atomic E-state index is 0.725. The predicted molar refractivity (Wildman–Crippen MR) is 75.6 cm³/mol. The minimum Gasteiger partial charge on any atom is -0.334 e. The zero-order chi connectivity index (χ0) is 13.0. The lowest BCUT2D eigenvalue weighted by molar-refractivity contribution is 0.205. The zero-order valence-electron chi connectivity index (χ0n) is 12.0. The number of nitrogens with one attached hydrogen (secondary N) is 1. The fourth-order valence-electron chi connectivity index (χ4n) is 3.22. The largest absolute Gasteiger partial charge is 0.334 e. The van der Waals surface area contributed by atoms with E-state index >= 15 is 0 Å². The van der Waals surface area contributed by atoms with Gasteiger partial charge in [-0.05, 0) is 31.6 Å². The highest BCUT2D eigenvalue weighted by molar-refractivity contribution is 4.89. The fourth-order valence-corrected chi connectivity index (χ4v) is 3.22. The van der Waals surface area contributed by atoms with Crippen LogP contribution >= 0.6 is 0 Å². The van der Waals surface area contributed by atoms with E-state index in [0.717, 1.165) is 36.8 Å². The molecular weight excluding hydrogens is 222 g/mol. The molecule has 0 spiro atoms. The van der Waals surface area contributed by atoms with E-state index in [1.54, 1.807) is 0 Å². The Morgan fingerprint density at radius 3 is 2.83 bits per heavy atom. The summed E-state index contributed by atoms with van der Waals surface area (Å²) < 4.78 is 2.22. The normalized spacial score (nSPS) is 24.7. The maximum Gasteiger partial charge on any atom is 0.105 e. The van der Waals surface area contributed by atoms with Crippen LogP contribution in [0, 0.1) is 18.8 Å². The summed E-state index contributed by atoms with van der Waals surface area (Å²) in [6, 6.07) is 0.725. The van der Waals surface area contributed by atoms with Gasteiger partial charge in [0.05, 0.1) is 0 Å². The van der Waals surface area contributed by atoms with Gasteiger partial charge in [0.15, 0.2) is 0 Å². The van der Waals surface area contributed by atoms with Crippen LogP contribution in [0.1, 0.15) is 45.4 Å². The molecule has 2 unspecified atom stereocenters. The molecule has 102 valence electrons. The summed E-state index contributed by atoms with van der Waals surface area (Å²) in [5.41, 5.74) is 0. The first-order valence-electron chi connectivity index (χ1n) is 7.39. The van der Waals surface area contributed by atoms with Gasteiger partial charge in [0.2, 0.25) is 0 Å². The van der Waals surface area contributed by atoms with Crippen molar-refractivity contribution in [1.29, 1.82) is 0 Å². The average Bonchev–Trinajstić information content (AvgIpc) is 2.76. The molecule has 18 heavy (non-hydrogen) atoms. The van der Waals surface area contributed by atoms with Crippen molar-refractivity contribution in [2.24, 2.45) is 11.8 Å². The van der Waals surface area contributed by atoms with E-state index in [1.807, 2.05) is 6.20 Å². The monoisotopic (exact) mass is 249 g/mol. The average molecular weight is 249 g/mol. The van der Waals surface area contributed by atoms with E-state index in [1.165, 1.54) is 25.7 Å². The molecule has 2 atom stereocenters. The molecule has 1 aliphatic rings. The second kappa shape index (κ2) is 6.37. The lowest BCUT2D eigenvalue weighted by Gasteiger charge is -2.35. The third-order valence-corrected chi connectivity index (χ3v) is 4.36. The Bertz CT molecular complexity index is 356. The van der Waals surface area contributed by atoms with Gasteiger partial charge in [-0.3, -0.25) is 0 Å². The van der Waals surface area contributed by atoms with Crippen molar-refractivity contribution in [3.05, 3.63) is 18.2 Å². The second-order valence-electron chi connectivity index (χ2n) is 5.92. The number of aryl methyl sites for hydroxylation is 1. The summed E-state index contributed by atoms with van der Waals surface area (Å²) in [5, 5.41) is 3.77. The molecule has 0 aliphatic heterocycles. The van der Waals surface area contributed by atoms with E-state index in [-0.39, 0.29) is 0 Å². The molecule has 0 saturated heterocycles. The summed E-state index contributed by atoms with van der Waals surface area (Å²) in [7, 11) is 0. The van der Waals surface area contributed by atoms with Gasteiger partial charge in [-0.15, -0.1) is 0 Å². The van der Waals surface area contributed by atoms with Crippen LogP contribution in [-0.4, -0.2) is 22.1 Å². The van der Waals surface area contributed by atoms with Crippen molar-refractivity contribution < 1.29 is 0 Å². The van der Waals surface area contributed by atoms with Gasteiger partial charge in [-0.25, -0.2) is 4.98 Å². The lowest BCUT2D eigenvalue weighted by atomic mass is 9.78. The Kier molecular flexibility index (Phi) is 4.81. The highest BCUT2D eigenvalue weighted by Gasteiger charge is 2.26. The van der Waals surface area contributed by atoms with Gasteiger partial charge in [-0.2, -0.15) is 0 Å². The number of imidazole rings is 1. The summed E-state index contributed by atoms with van der Waals surface area (Å²) >= 11 is 0. The standard InChI is InChI=1S/C15H27N3/c1-12(2)14-6-4-5-7-15(14)17-9-11-18-10-8-16-13(18)3/h8,10,12,14-15,17H,4-7,9,11H2,1-3H3. The highest BCUT2D eigenvalue weighted by atomic mass is 15.1. The molecule has 1 aromatic rings. The minimum atomic E-state index is 0.725. The molecule has 3 nitrogen and oxygen atoms in total. The molecule has 1 saturated carbocycles. The zero-order valence-corrected chi connectivity index (χ0v) is 12.0. The number of aromatic nitrogens is 2. The number of hydrogen-bond acceptors (Lipinski definition) is 2. The van der Waals surface area contributed by atoms with Crippen molar-refractivity contribution in [3.63, 3.8) is 0 Å². The molecule has 1 aromatic heterocycles. The fraction of sp³-hybridized carbons (Fsp3) is 0.800. The number of nitrogens with zero attached hydrogens (tertiary/aromatic N) is 2. The van der Waals surface area contributed by atoms with Crippen LogP contribution in [0.15, 0.2) is 12.4 Å². The van der Waals surface area contributed by atoms with Crippen LogP contribution in [0.4, 0.5) is 0 Å². The Hall–Kier alpha value is -0.830. The van der Waals surface area contributed by atoms with Gasteiger partial charge in [-0.1, -0.05) is 26.7 Å². The predicted octanol–water partition coefficient (Wildman–Crippen LogP) is 3.00. The second-order valence-corrected chi connectivity index (χ2v) is 5.92. The van der Waals surface area contributed by atoms with Gasteiger partial charge in [0, 0.05) is 31.5 Å². The molecule has 0 amide bonds. The maximum atomic E-state index is 4.26. The van der Waals surface area contributed by atoms with Crippen molar-refractivity contribution in [2.45, 2.75) is 59.0 Å². The lowest BCUT2D eigenvalue weighted by Crippen LogP contribution is -2.42. The van der Waals surface area contributed by atoms with Crippen molar-refractivity contribution in [1.82, 2.24) is 14.9 Å². The van der Waals surface area contributed by atoms with E-state index in [9.17, 15) is 0 Å². The van der Waals surface area contributed by atoms with Crippen LogP contribution < -0.4 is 5.32 Å². The molecule has 1 N–H and O–H groups in total. The topological polar surface area (TPSA) is 29.9 Å². The maximum absolute atomic E-state index is 4.26. The van der Waals surface area contributed by atoms with Gasteiger partial charge >= 0.3 is 0 Å². The van der Waals surface area contributed by atoms with E-state index in [2.05, 4.69) is 41.8 Å². The molecule has 1 heterocycles.